The van der Waals surface area contributed by atoms with Crippen molar-refractivity contribution in [2.75, 3.05) is 0 Å². The molecule has 0 amide bonds. The second-order valence-corrected chi connectivity index (χ2v) is 7.58. The molecule has 2 nitrogen and oxygen atoms in total. The lowest BCUT2D eigenvalue weighted by Gasteiger charge is -2.05. The number of fused-ring (bicyclic) bond motifs is 6. The number of pyridine rings is 1. The monoisotopic (exact) mass is 358 g/mol. The zero-order chi connectivity index (χ0) is 18.7. The Bertz CT molecular complexity index is 1300. The van der Waals surface area contributed by atoms with Gasteiger partial charge in [0, 0.05) is 22.9 Å². The van der Waals surface area contributed by atoms with Crippen molar-refractivity contribution in [3.05, 3.63) is 107 Å². The van der Waals surface area contributed by atoms with E-state index < -0.39 is 0 Å². The summed E-state index contributed by atoms with van der Waals surface area (Å²) < 4.78 is 0. The maximum absolute atomic E-state index is 5.10. The summed E-state index contributed by atoms with van der Waals surface area (Å²) in [6.45, 7) is 2.13. The van der Waals surface area contributed by atoms with Crippen molar-refractivity contribution in [3.63, 3.8) is 0 Å². The molecule has 4 aromatic rings. The Morgan fingerprint density at radius 3 is 2.50 bits per heavy atom. The zero-order valence-electron chi connectivity index (χ0n) is 15.6. The summed E-state index contributed by atoms with van der Waals surface area (Å²) in [6, 6.07) is 25.9. The normalized spacial score (nSPS) is 14.5. The van der Waals surface area contributed by atoms with Crippen LogP contribution in [-0.2, 0) is 6.42 Å². The molecule has 1 aromatic heterocycles. The largest absolute Gasteiger partial charge is 0.256 e. The maximum Gasteiger partial charge on any atom is 0.0810 e. The molecule has 0 atom stereocenters. The summed E-state index contributed by atoms with van der Waals surface area (Å²) in [5.41, 5.74) is 13.2. The highest BCUT2D eigenvalue weighted by molar-refractivity contribution is 6.24. The van der Waals surface area contributed by atoms with Crippen LogP contribution in [0.15, 0.2) is 84.0 Å². The minimum atomic E-state index is 0.984. The standard InChI is InChI=1S/C26H18N2/c1-16-8-10-22-24(13-16)26(23-7-4-12-27-25(22)23)28-19-9-11-21-18(15-19)14-17-5-2-3-6-20(17)21/h2-13,15H,14H2,1H3. The molecule has 1 heterocycles. The van der Waals surface area contributed by atoms with Crippen molar-refractivity contribution in [2.45, 2.75) is 13.3 Å². The van der Waals surface area contributed by atoms with E-state index in [4.69, 9.17) is 4.99 Å². The van der Waals surface area contributed by atoms with E-state index in [1.54, 1.807) is 0 Å². The Morgan fingerprint density at radius 2 is 1.54 bits per heavy atom. The van der Waals surface area contributed by atoms with Crippen molar-refractivity contribution >= 4 is 11.4 Å². The zero-order valence-corrected chi connectivity index (χ0v) is 15.6. The molecular formula is C26H18N2. The lowest BCUT2D eigenvalue weighted by molar-refractivity contribution is 1.26. The van der Waals surface area contributed by atoms with Crippen molar-refractivity contribution in [3.8, 4) is 22.4 Å². The Hall–Kier alpha value is -3.52. The molecule has 0 saturated carbocycles. The van der Waals surface area contributed by atoms with E-state index in [1.807, 2.05) is 12.3 Å². The number of benzene rings is 3. The van der Waals surface area contributed by atoms with Gasteiger partial charge in [0.25, 0.3) is 0 Å². The molecule has 0 fully saturated rings. The molecule has 2 aliphatic rings. The fourth-order valence-corrected chi connectivity index (χ4v) is 4.47. The van der Waals surface area contributed by atoms with Gasteiger partial charge in [0.2, 0.25) is 0 Å². The van der Waals surface area contributed by atoms with Gasteiger partial charge < -0.3 is 0 Å². The minimum Gasteiger partial charge on any atom is -0.256 e. The summed E-state index contributed by atoms with van der Waals surface area (Å²) in [6.07, 6.45) is 2.84. The molecule has 0 bridgehead atoms. The SMILES string of the molecule is Cc1ccc2c(c1)C(=Nc1ccc3c(c1)Cc1ccccc1-3)c1cccnc1-2. The Morgan fingerprint density at radius 1 is 0.714 bits per heavy atom. The van der Waals surface area contributed by atoms with Gasteiger partial charge in [-0.15, -0.1) is 0 Å². The van der Waals surface area contributed by atoms with Gasteiger partial charge in [-0.1, -0.05) is 48.0 Å². The second kappa shape index (κ2) is 5.74. The molecule has 2 aliphatic carbocycles. The first-order chi connectivity index (χ1) is 13.8. The van der Waals surface area contributed by atoms with Gasteiger partial charge >= 0.3 is 0 Å². The second-order valence-electron chi connectivity index (χ2n) is 7.58. The predicted octanol–water partition coefficient (Wildman–Crippen LogP) is 6.11. The summed E-state index contributed by atoms with van der Waals surface area (Å²) in [7, 11) is 0. The maximum atomic E-state index is 5.10. The van der Waals surface area contributed by atoms with Gasteiger partial charge in [0.1, 0.15) is 0 Å². The molecule has 0 radical (unpaired) electrons. The first-order valence-electron chi connectivity index (χ1n) is 9.64. The third kappa shape index (κ3) is 2.21. The van der Waals surface area contributed by atoms with Crippen molar-refractivity contribution in [2.24, 2.45) is 4.99 Å². The molecule has 6 rings (SSSR count). The Labute approximate surface area is 164 Å². The molecule has 0 saturated heterocycles. The average molecular weight is 358 g/mol. The number of rotatable bonds is 1. The lowest BCUT2D eigenvalue weighted by Crippen LogP contribution is -1.98. The van der Waals surface area contributed by atoms with Gasteiger partial charge in [-0.2, -0.15) is 0 Å². The summed E-state index contributed by atoms with van der Waals surface area (Å²) in [5.74, 6) is 0. The van der Waals surface area contributed by atoms with E-state index in [0.29, 0.717) is 0 Å². The minimum absolute atomic E-state index is 0.984. The molecule has 0 unspecified atom stereocenters. The molecule has 28 heavy (non-hydrogen) atoms. The lowest BCUT2D eigenvalue weighted by atomic mass is 10.0. The van der Waals surface area contributed by atoms with E-state index in [-0.39, 0.29) is 0 Å². The van der Waals surface area contributed by atoms with Crippen LogP contribution in [-0.4, -0.2) is 10.7 Å². The van der Waals surface area contributed by atoms with Crippen LogP contribution in [0.5, 0.6) is 0 Å². The number of hydrogen-bond acceptors (Lipinski definition) is 2. The molecule has 2 heteroatoms. The number of hydrogen-bond donors (Lipinski definition) is 0. The van der Waals surface area contributed by atoms with Crippen molar-refractivity contribution < 1.29 is 0 Å². The van der Waals surface area contributed by atoms with Gasteiger partial charge in [-0.3, -0.25) is 4.98 Å². The van der Waals surface area contributed by atoms with Crippen LogP contribution in [0.3, 0.4) is 0 Å². The fraction of sp³-hybridized carbons (Fsp3) is 0.0769. The summed E-state index contributed by atoms with van der Waals surface area (Å²) in [4.78, 5) is 9.73. The van der Waals surface area contributed by atoms with Crippen LogP contribution in [0, 0.1) is 6.92 Å². The third-order valence-electron chi connectivity index (χ3n) is 5.77. The Balaban J connectivity index is 1.51. The highest BCUT2D eigenvalue weighted by Crippen LogP contribution is 2.40. The molecular weight excluding hydrogens is 340 g/mol. The average Bonchev–Trinajstić information content (AvgIpc) is 3.23. The van der Waals surface area contributed by atoms with Crippen LogP contribution in [0.25, 0.3) is 22.4 Å². The predicted molar refractivity (Wildman–Crippen MR) is 114 cm³/mol. The number of aryl methyl sites for hydroxylation is 1. The Kier molecular flexibility index (Phi) is 3.18. The molecule has 0 aliphatic heterocycles. The molecule has 132 valence electrons. The first-order valence-corrected chi connectivity index (χ1v) is 9.64. The van der Waals surface area contributed by atoms with Crippen molar-refractivity contribution in [1.82, 2.24) is 4.98 Å². The molecule has 3 aromatic carbocycles. The summed E-state index contributed by atoms with van der Waals surface area (Å²) in [5, 5.41) is 0. The summed E-state index contributed by atoms with van der Waals surface area (Å²) >= 11 is 0. The van der Waals surface area contributed by atoms with Gasteiger partial charge in [-0.05, 0) is 65.9 Å². The van der Waals surface area contributed by atoms with Gasteiger partial charge in [-0.25, -0.2) is 4.99 Å². The smallest absolute Gasteiger partial charge is 0.0810 e. The van der Waals surface area contributed by atoms with Crippen molar-refractivity contribution in [1.29, 1.82) is 0 Å². The van der Waals surface area contributed by atoms with E-state index >= 15 is 0 Å². The van der Waals surface area contributed by atoms with Crippen LogP contribution in [0.4, 0.5) is 5.69 Å². The van der Waals surface area contributed by atoms with Gasteiger partial charge in [0.15, 0.2) is 0 Å². The highest BCUT2D eigenvalue weighted by Gasteiger charge is 2.26. The topological polar surface area (TPSA) is 25.2 Å². The van der Waals surface area contributed by atoms with Crippen LogP contribution >= 0.6 is 0 Å². The van der Waals surface area contributed by atoms with Gasteiger partial charge in [0.05, 0.1) is 17.1 Å². The van der Waals surface area contributed by atoms with Crippen LogP contribution in [0.1, 0.15) is 27.8 Å². The number of nitrogens with zero attached hydrogens (tertiary/aromatic N) is 2. The highest BCUT2D eigenvalue weighted by atomic mass is 14.8. The quantitative estimate of drug-likeness (QED) is 0.348. The molecule has 0 N–H and O–H groups in total. The van der Waals surface area contributed by atoms with E-state index in [0.717, 1.165) is 29.1 Å². The molecule has 0 spiro atoms. The van der Waals surface area contributed by atoms with Crippen LogP contribution in [0.2, 0.25) is 0 Å². The van der Waals surface area contributed by atoms with Crippen LogP contribution < -0.4 is 0 Å². The number of aromatic nitrogens is 1. The van der Waals surface area contributed by atoms with E-state index in [9.17, 15) is 0 Å². The van der Waals surface area contributed by atoms with E-state index in [2.05, 4.69) is 78.6 Å². The fourth-order valence-electron chi connectivity index (χ4n) is 4.47. The third-order valence-corrected chi connectivity index (χ3v) is 5.77. The number of aliphatic imine (C=N–C) groups is 1. The van der Waals surface area contributed by atoms with E-state index in [1.165, 1.54) is 38.9 Å². The first kappa shape index (κ1) is 15.5.